The molecule has 1 amide bonds. The zero-order valence-corrected chi connectivity index (χ0v) is 16.6. The molecule has 0 bridgehead atoms. The maximum Gasteiger partial charge on any atom is 0.261 e. The first-order valence-corrected chi connectivity index (χ1v) is 9.35. The molecular formula is C23H23FN2O3. The zero-order valence-electron chi connectivity index (χ0n) is 16.6. The van der Waals surface area contributed by atoms with Crippen LogP contribution in [0.1, 0.15) is 35.3 Å². The summed E-state index contributed by atoms with van der Waals surface area (Å²) in [4.78, 5) is 29.9. The van der Waals surface area contributed by atoms with Crippen LogP contribution in [0.25, 0.3) is 11.3 Å². The second-order valence-corrected chi connectivity index (χ2v) is 6.74. The molecule has 6 heteroatoms. The lowest BCUT2D eigenvalue weighted by molar-refractivity contribution is 0.0724. The van der Waals surface area contributed by atoms with Gasteiger partial charge in [-0.05, 0) is 48.4 Å². The minimum Gasteiger partial charge on any atom is -0.497 e. The largest absolute Gasteiger partial charge is 0.497 e. The van der Waals surface area contributed by atoms with Crippen LogP contribution in [0.15, 0.2) is 65.5 Å². The molecule has 0 fully saturated rings. The highest BCUT2D eigenvalue weighted by Crippen LogP contribution is 2.25. The summed E-state index contributed by atoms with van der Waals surface area (Å²) in [5, 5.41) is 0. The third-order valence-electron chi connectivity index (χ3n) is 4.95. The van der Waals surface area contributed by atoms with E-state index in [0.29, 0.717) is 17.9 Å². The first-order valence-electron chi connectivity index (χ1n) is 9.35. The number of carbonyl (C=O) groups is 1. The van der Waals surface area contributed by atoms with Crippen molar-refractivity contribution in [1.29, 1.82) is 0 Å². The van der Waals surface area contributed by atoms with E-state index in [2.05, 4.69) is 4.98 Å². The van der Waals surface area contributed by atoms with Crippen molar-refractivity contribution in [3.8, 4) is 17.0 Å². The molecule has 0 spiro atoms. The summed E-state index contributed by atoms with van der Waals surface area (Å²) in [6.07, 6.45) is 0.633. The van der Waals surface area contributed by atoms with Crippen LogP contribution in [0.4, 0.5) is 4.39 Å². The number of amides is 1. The average Bonchev–Trinajstić information content (AvgIpc) is 2.75. The third kappa shape index (κ3) is 4.37. The van der Waals surface area contributed by atoms with Crippen molar-refractivity contribution in [2.45, 2.75) is 19.4 Å². The Morgan fingerprint density at radius 1 is 1.14 bits per heavy atom. The quantitative estimate of drug-likeness (QED) is 0.674. The maximum atomic E-state index is 13.2. The van der Waals surface area contributed by atoms with Crippen molar-refractivity contribution in [2.75, 3.05) is 14.2 Å². The lowest BCUT2D eigenvalue weighted by Crippen LogP contribution is -2.34. The van der Waals surface area contributed by atoms with Crippen LogP contribution in [0.2, 0.25) is 0 Å². The predicted molar refractivity (Wildman–Crippen MR) is 111 cm³/mol. The standard InChI is InChI=1S/C23H23FN2O3/c1-4-21(15-8-10-17(24)11-9-15)26(2)23(28)19-12-13-20(25-22(19)27)16-6-5-7-18(14-16)29-3/h5-14,21H,4H2,1-3H3,(H,25,27). The number of nitrogens with zero attached hydrogens (tertiary/aromatic N) is 1. The molecule has 1 N–H and O–H groups in total. The first-order chi connectivity index (χ1) is 13.9. The van der Waals surface area contributed by atoms with E-state index >= 15 is 0 Å². The van der Waals surface area contributed by atoms with Crippen molar-refractivity contribution in [3.05, 3.63) is 88.0 Å². The number of halogens is 1. The average molecular weight is 394 g/mol. The minimum absolute atomic E-state index is 0.0553. The highest BCUT2D eigenvalue weighted by atomic mass is 19.1. The van der Waals surface area contributed by atoms with Crippen molar-refractivity contribution < 1.29 is 13.9 Å². The van der Waals surface area contributed by atoms with Crippen LogP contribution in [0, 0.1) is 5.82 Å². The number of aromatic nitrogens is 1. The number of nitrogens with one attached hydrogen (secondary N) is 1. The van der Waals surface area contributed by atoms with E-state index in [4.69, 9.17) is 4.74 Å². The molecule has 0 saturated carbocycles. The summed E-state index contributed by atoms with van der Waals surface area (Å²) in [6, 6.07) is 16.3. The number of pyridine rings is 1. The fourth-order valence-corrected chi connectivity index (χ4v) is 3.35. The summed E-state index contributed by atoms with van der Waals surface area (Å²) in [5.41, 5.74) is 1.79. The third-order valence-corrected chi connectivity index (χ3v) is 4.95. The van der Waals surface area contributed by atoms with Crippen LogP contribution in [-0.4, -0.2) is 29.9 Å². The summed E-state index contributed by atoms with van der Waals surface area (Å²) < 4.78 is 18.4. The van der Waals surface area contributed by atoms with Crippen LogP contribution in [0.3, 0.4) is 0 Å². The van der Waals surface area contributed by atoms with Crippen molar-refractivity contribution in [2.24, 2.45) is 0 Å². The Hall–Kier alpha value is -3.41. The summed E-state index contributed by atoms with van der Waals surface area (Å²) in [7, 11) is 3.22. The number of methoxy groups -OCH3 is 1. The highest BCUT2D eigenvalue weighted by molar-refractivity contribution is 5.94. The predicted octanol–water partition coefficient (Wildman–Crippen LogP) is 4.41. The molecule has 1 aromatic heterocycles. The molecule has 5 nitrogen and oxygen atoms in total. The first kappa shape index (κ1) is 20.3. The summed E-state index contributed by atoms with van der Waals surface area (Å²) >= 11 is 0. The Bertz CT molecular complexity index is 1060. The Morgan fingerprint density at radius 2 is 1.86 bits per heavy atom. The van der Waals surface area contributed by atoms with Gasteiger partial charge in [0, 0.05) is 18.3 Å². The maximum absolute atomic E-state index is 13.2. The highest BCUT2D eigenvalue weighted by Gasteiger charge is 2.23. The summed E-state index contributed by atoms with van der Waals surface area (Å²) in [6.45, 7) is 1.94. The Labute approximate surface area is 168 Å². The zero-order chi connectivity index (χ0) is 21.0. The second-order valence-electron chi connectivity index (χ2n) is 6.74. The van der Waals surface area contributed by atoms with Gasteiger partial charge in [-0.2, -0.15) is 0 Å². The number of carbonyl (C=O) groups excluding carboxylic acids is 1. The molecule has 0 aliphatic rings. The van der Waals surface area contributed by atoms with Gasteiger partial charge in [0.15, 0.2) is 0 Å². The molecule has 29 heavy (non-hydrogen) atoms. The van der Waals surface area contributed by atoms with Gasteiger partial charge < -0.3 is 14.6 Å². The van der Waals surface area contributed by atoms with Gasteiger partial charge in [0.1, 0.15) is 17.1 Å². The number of hydrogen-bond donors (Lipinski definition) is 1. The Kier molecular flexibility index (Phi) is 6.12. The minimum atomic E-state index is -0.462. The normalized spacial score (nSPS) is 11.7. The molecule has 1 unspecified atom stereocenters. The van der Waals surface area contributed by atoms with Gasteiger partial charge in [-0.3, -0.25) is 9.59 Å². The van der Waals surface area contributed by atoms with E-state index < -0.39 is 5.56 Å². The van der Waals surface area contributed by atoms with Crippen LogP contribution in [-0.2, 0) is 0 Å². The van der Waals surface area contributed by atoms with E-state index in [-0.39, 0.29) is 23.3 Å². The van der Waals surface area contributed by atoms with E-state index in [1.54, 1.807) is 38.4 Å². The number of ether oxygens (including phenoxy) is 1. The molecule has 0 saturated heterocycles. The van der Waals surface area contributed by atoms with E-state index in [1.807, 2.05) is 25.1 Å². The fraction of sp³-hybridized carbons (Fsp3) is 0.217. The number of rotatable bonds is 6. The van der Waals surface area contributed by atoms with Crippen molar-refractivity contribution in [1.82, 2.24) is 9.88 Å². The van der Waals surface area contributed by atoms with Gasteiger partial charge in [0.25, 0.3) is 11.5 Å². The molecule has 0 aliphatic heterocycles. The second kappa shape index (κ2) is 8.73. The van der Waals surface area contributed by atoms with Crippen LogP contribution < -0.4 is 10.3 Å². The van der Waals surface area contributed by atoms with E-state index in [0.717, 1.165) is 11.1 Å². The molecule has 2 aromatic carbocycles. The molecule has 0 aliphatic carbocycles. The van der Waals surface area contributed by atoms with Gasteiger partial charge >= 0.3 is 0 Å². The van der Waals surface area contributed by atoms with Crippen molar-refractivity contribution in [3.63, 3.8) is 0 Å². The van der Waals surface area contributed by atoms with E-state index in [1.165, 1.54) is 23.1 Å². The Balaban J connectivity index is 1.88. The number of H-pyrrole nitrogens is 1. The molecule has 3 aromatic rings. The molecule has 1 heterocycles. The van der Waals surface area contributed by atoms with Crippen LogP contribution >= 0.6 is 0 Å². The fourth-order valence-electron chi connectivity index (χ4n) is 3.35. The number of hydrogen-bond acceptors (Lipinski definition) is 3. The number of aromatic amines is 1. The molecule has 0 radical (unpaired) electrons. The van der Waals surface area contributed by atoms with E-state index in [9.17, 15) is 14.0 Å². The van der Waals surface area contributed by atoms with Gasteiger partial charge in [-0.25, -0.2) is 4.39 Å². The lowest BCUT2D eigenvalue weighted by Gasteiger charge is -2.27. The molecule has 150 valence electrons. The van der Waals surface area contributed by atoms with Crippen molar-refractivity contribution >= 4 is 5.91 Å². The monoisotopic (exact) mass is 394 g/mol. The lowest BCUT2D eigenvalue weighted by atomic mass is 10.0. The molecule has 1 atom stereocenters. The topological polar surface area (TPSA) is 62.4 Å². The van der Waals surface area contributed by atoms with Gasteiger partial charge in [-0.15, -0.1) is 0 Å². The SMILES string of the molecule is CCC(c1ccc(F)cc1)N(C)C(=O)c1ccc(-c2cccc(OC)c2)[nH]c1=O. The smallest absolute Gasteiger partial charge is 0.261 e. The molecule has 3 rings (SSSR count). The molecular weight excluding hydrogens is 371 g/mol. The summed E-state index contributed by atoms with van der Waals surface area (Å²) in [5.74, 6) is -0.0462. The van der Waals surface area contributed by atoms with Gasteiger partial charge in [0.2, 0.25) is 0 Å². The Morgan fingerprint density at radius 3 is 2.48 bits per heavy atom. The van der Waals surface area contributed by atoms with Crippen LogP contribution in [0.5, 0.6) is 5.75 Å². The van der Waals surface area contributed by atoms with Gasteiger partial charge in [-0.1, -0.05) is 31.2 Å². The number of benzene rings is 2. The van der Waals surface area contributed by atoms with Gasteiger partial charge in [0.05, 0.1) is 13.2 Å².